The molecule has 0 amide bonds. The Morgan fingerprint density at radius 2 is 2.00 bits per heavy atom. The Morgan fingerprint density at radius 1 is 1.29 bits per heavy atom. The number of nitrogens with one attached hydrogen (secondary N) is 1. The molecule has 112 valence electrons. The molecule has 6 heteroatoms. The Balaban J connectivity index is 2.64. The van der Waals surface area contributed by atoms with Gasteiger partial charge in [0.15, 0.2) is 5.82 Å². The minimum absolute atomic E-state index is 0.00745. The van der Waals surface area contributed by atoms with Gasteiger partial charge in [-0.05, 0) is 30.4 Å². The van der Waals surface area contributed by atoms with E-state index in [0.29, 0.717) is 17.3 Å². The van der Waals surface area contributed by atoms with Crippen LogP contribution in [0.3, 0.4) is 0 Å². The quantitative estimate of drug-likeness (QED) is 0.651. The number of rotatable bonds is 5. The molecular formula is C15H22N6. The van der Waals surface area contributed by atoms with Gasteiger partial charge < -0.3 is 5.73 Å². The van der Waals surface area contributed by atoms with Gasteiger partial charge in [-0.3, -0.25) is 5.41 Å². The predicted molar refractivity (Wildman–Crippen MR) is 83.0 cm³/mol. The van der Waals surface area contributed by atoms with E-state index < -0.39 is 0 Å². The van der Waals surface area contributed by atoms with Crippen LogP contribution in [0.25, 0.3) is 5.82 Å². The van der Waals surface area contributed by atoms with Crippen molar-refractivity contribution in [2.24, 2.45) is 5.73 Å². The highest BCUT2D eigenvalue weighted by atomic mass is 15.3. The van der Waals surface area contributed by atoms with Crippen LogP contribution in [-0.2, 0) is 12.8 Å². The number of hydrogen-bond acceptors (Lipinski definition) is 4. The Kier molecular flexibility index (Phi) is 4.35. The van der Waals surface area contributed by atoms with Crippen LogP contribution < -0.4 is 5.73 Å². The first-order valence-electron chi connectivity index (χ1n) is 7.28. The molecular weight excluding hydrogens is 264 g/mol. The molecule has 3 N–H and O–H groups in total. The molecule has 2 aromatic rings. The summed E-state index contributed by atoms with van der Waals surface area (Å²) in [6.45, 7) is 8.23. The van der Waals surface area contributed by atoms with Gasteiger partial charge in [0.25, 0.3) is 0 Å². The first kappa shape index (κ1) is 15.2. The molecule has 0 unspecified atom stereocenters. The highest BCUT2D eigenvalue weighted by Gasteiger charge is 2.19. The van der Waals surface area contributed by atoms with Crippen LogP contribution in [0.15, 0.2) is 12.3 Å². The summed E-state index contributed by atoms with van der Waals surface area (Å²) in [6, 6.07) is 1.95. The lowest BCUT2D eigenvalue weighted by molar-refractivity contribution is 0.735. The molecule has 0 fully saturated rings. The molecule has 21 heavy (non-hydrogen) atoms. The number of hydrogen-bond donors (Lipinski definition) is 2. The molecule has 6 nitrogen and oxygen atoms in total. The maximum atomic E-state index is 7.90. The van der Waals surface area contributed by atoms with Gasteiger partial charge >= 0.3 is 0 Å². The molecule has 0 bridgehead atoms. The van der Waals surface area contributed by atoms with Crippen LogP contribution in [0.5, 0.6) is 0 Å². The zero-order valence-electron chi connectivity index (χ0n) is 13.0. The number of aryl methyl sites for hydroxylation is 1. The fourth-order valence-electron chi connectivity index (χ4n) is 2.37. The zero-order chi connectivity index (χ0) is 15.6. The molecule has 2 heterocycles. The lowest BCUT2D eigenvalue weighted by atomic mass is 10.0. The first-order chi connectivity index (χ1) is 9.99. The Bertz CT molecular complexity index is 656. The van der Waals surface area contributed by atoms with Crippen LogP contribution in [0.4, 0.5) is 0 Å². The van der Waals surface area contributed by atoms with Gasteiger partial charge in [-0.2, -0.15) is 10.2 Å². The smallest absolute Gasteiger partial charge is 0.186 e. The van der Waals surface area contributed by atoms with Crippen LogP contribution in [-0.4, -0.2) is 25.8 Å². The first-order valence-corrected chi connectivity index (χ1v) is 7.28. The lowest BCUT2D eigenvalue weighted by Crippen LogP contribution is -2.21. The summed E-state index contributed by atoms with van der Waals surface area (Å²) in [5.74, 6) is 0.872. The molecule has 0 saturated carbocycles. The Labute approximate surface area is 124 Å². The third kappa shape index (κ3) is 2.79. The van der Waals surface area contributed by atoms with Crippen molar-refractivity contribution in [1.29, 1.82) is 5.41 Å². The standard InChI is InChI=1S/C15H22N6/c1-5-10-11(6-2)18-19-15(13(10)14(16)17)21-8-7-12(20-21)9(3)4/h7-9H,5-6H2,1-4H3,(H3,16,17). The molecule has 0 aliphatic carbocycles. The molecule has 2 rings (SSSR count). The molecule has 0 aliphatic rings. The summed E-state index contributed by atoms with van der Waals surface area (Å²) in [7, 11) is 0. The number of nitrogens with two attached hydrogens (primary N) is 1. The van der Waals surface area contributed by atoms with Crippen molar-refractivity contribution < 1.29 is 0 Å². The van der Waals surface area contributed by atoms with E-state index in [1.54, 1.807) is 4.68 Å². The number of nitrogen functional groups attached to an aromatic ring is 1. The van der Waals surface area contributed by atoms with Crippen molar-refractivity contribution in [3.8, 4) is 5.82 Å². The summed E-state index contributed by atoms with van der Waals surface area (Å²) < 4.78 is 1.66. The van der Waals surface area contributed by atoms with Gasteiger partial charge in [0, 0.05) is 6.20 Å². The van der Waals surface area contributed by atoms with Crippen LogP contribution in [0, 0.1) is 5.41 Å². The van der Waals surface area contributed by atoms with Crippen molar-refractivity contribution in [2.75, 3.05) is 0 Å². The molecule has 0 atom stereocenters. The largest absolute Gasteiger partial charge is 0.384 e. The van der Waals surface area contributed by atoms with E-state index in [4.69, 9.17) is 11.1 Å². The molecule has 0 spiro atoms. The average Bonchev–Trinajstić information content (AvgIpc) is 2.95. The number of aromatic nitrogens is 4. The fraction of sp³-hybridized carbons (Fsp3) is 0.467. The highest BCUT2D eigenvalue weighted by molar-refractivity contribution is 5.99. The second kappa shape index (κ2) is 6.03. The summed E-state index contributed by atoms with van der Waals surface area (Å²) in [5.41, 5.74) is 9.28. The SMILES string of the molecule is CCc1nnc(-n2ccc(C(C)C)n2)c(C(=N)N)c1CC. The maximum absolute atomic E-state index is 7.90. The van der Waals surface area contributed by atoms with Gasteiger partial charge in [0.1, 0.15) is 5.84 Å². The molecule has 0 aromatic carbocycles. The fourth-order valence-corrected chi connectivity index (χ4v) is 2.37. The van der Waals surface area contributed by atoms with E-state index in [1.165, 1.54) is 0 Å². The van der Waals surface area contributed by atoms with Crippen molar-refractivity contribution >= 4 is 5.84 Å². The highest BCUT2D eigenvalue weighted by Crippen LogP contribution is 2.20. The van der Waals surface area contributed by atoms with Gasteiger partial charge in [0.05, 0.1) is 17.0 Å². The van der Waals surface area contributed by atoms with E-state index in [-0.39, 0.29) is 5.84 Å². The third-order valence-corrected chi connectivity index (χ3v) is 3.52. The van der Waals surface area contributed by atoms with E-state index in [0.717, 1.165) is 29.8 Å². The van der Waals surface area contributed by atoms with Gasteiger partial charge in [-0.15, -0.1) is 5.10 Å². The molecule has 2 aromatic heterocycles. The van der Waals surface area contributed by atoms with Crippen LogP contribution in [0.1, 0.15) is 56.1 Å². The second-order valence-corrected chi connectivity index (χ2v) is 5.28. The third-order valence-electron chi connectivity index (χ3n) is 3.52. The van der Waals surface area contributed by atoms with Gasteiger partial charge in [0.2, 0.25) is 0 Å². The van der Waals surface area contributed by atoms with E-state index >= 15 is 0 Å². The van der Waals surface area contributed by atoms with Crippen molar-refractivity contribution in [2.45, 2.75) is 46.5 Å². The summed E-state index contributed by atoms with van der Waals surface area (Å²) in [4.78, 5) is 0. The van der Waals surface area contributed by atoms with E-state index in [2.05, 4.69) is 29.1 Å². The second-order valence-electron chi connectivity index (χ2n) is 5.28. The zero-order valence-corrected chi connectivity index (χ0v) is 13.0. The van der Waals surface area contributed by atoms with Gasteiger partial charge in [-0.25, -0.2) is 4.68 Å². The summed E-state index contributed by atoms with van der Waals surface area (Å²) in [5, 5.41) is 20.9. The Hall–Kier alpha value is -2.24. The van der Waals surface area contributed by atoms with E-state index in [1.807, 2.05) is 26.1 Å². The summed E-state index contributed by atoms with van der Waals surface area (Å²) in [6.07, 6.45) is 3.38. The minimum atomic E-state index is 0.00745. The van der Waals surface area contributed by atoms with Crippen molar-refractivity contribution in [3.63, 3.8) is 0 Å². The lowest BCUT2D eigenvalue weighted by Gasteiger charge is -2.14. The topological polar surface area (TPSA) is 93.5 Å². The molecule has 0 radical (unpaired) electrons. The minimum Gasteiger partial charge on any atom is -0.384 e. The average molecular weight is 286 g/mol. The van der Waals surface area contributed by atoms with Gasteiger partial charge in [-0.1, -0.05) is 27.7 Å². The maximum Gasteiger partial charge on any atom is 0.186 e. The normalized spacial score (nSPS) is 11.1. The van der Waals surface area contributed by atoms with Crippen LogP contribution >= 0.6 is 0 Å². The van der Waals surface area contributed by atoms with Crippen LogP contribution in [0.2, 0.25) is 0 Å². The predicted octanol–water partition coefficient (Wildman–Crippen LogP) is 2.19. The summed E-state index contributed by atoms with van der Waals surface area (Å²) >= 11 is 0. The van der Waals surface area contributed by atoms with E-state index in [9.17, 15) is 0 Å². The monoisotopic (exact) mass is 286 g/mol. The van der Waals surface area contributed by atoms with Crippen molar-refractivity contribution in [1.82, 2.24) is 20.0 Å². The molecule has 0 aliphatic heterocycles. The number of amidine groups is 1. The molecule has 0 saturated heterocycles. The Morgan fingerprint density at radius 3 is 2.48 bits per heavy atom. The number of nitrogens with zero attached hydrogens (tertiary/aromatic N) is 4. The van der Waals surface area contributed by atoms with Crippen molar-refractivity contribution in [3.05, 3.63) is 34.8 Å².